The van der Waals surface area contributed by atoms with Gasteiger partial charge in [-0.1, -0.05) is 11.6 Å². The van der Waals surface area contributed by atoms with Gasteiger partial charge in [-0.3, -0.25) is 0 Å². The van der Waals surface area contributed by atoms with Crippen molar-refractivity contribution in [3.05, 3.63) is 56.7 Å². The lowest BCUT2D eigenvalue weighted by molar-refractivity contribution is -0.241. The smallest absolute Gasteiger partial charge is 0.217 e. The highest BCUT2D eigenvalue weighted by atomic mass is 16.7. The van der Waals surface area contributed by atoms with Crippen molar-refractivity contribution in [1.82, 2.24) is 0 Å². The molecule has 0 aromatic heterocycles. The van der Waals surface area contributed by atoms with E-state index in [1.165, 1.54) is 0 Å². The molecule has 3 aliphatic heterocycles. The summed E-state index contributed by atoms with van der Waals surface area (Å²) in [6.45, 7) is 11.7. The van der Waals surface area contributed by atoms with E-state index in [1.54, 1.807) is 6.92 Å². The Labute approximate surface area is 194 Å². The molecule has 0 unspecified atom stereocenters. The minimum atomic E-state index is -1.09. The van der Waals surface area contributed by atoms with Gasteiger partial charge in [0, 0.05) is 34.7 Å². The van der Waals surface area contributed by atoms with E-state index in [-0.39, 0.29) is 30.0 Å². The maximum absolute atomic E-state index is 11.1. The Morgan fingerprint density at radius 1 is 1.12 bits per heavy atom. The molecule has 0 bridgehead atoms. The third-order valence-corrected chi connectivity index (χ3v) is 7.43. The van der Waals surface area contributed by atoms with Crippen LogP contribution in [0.5, 0.6) is 23.0 Å². The van der Waals surface area contributed by atoms with E-state index in [4.69, 9.17) is 14.2 Å². The van der Waals surface area contributed by atoms with Crippen LogP contribution in [0.1, 0.15) is 78.7 Å². The van der Waals surface area contributed by atoms with Crippen molar-refractivity contribution < 1.29 is 29.5 Å². The van der Waals surface area contributed by atoms with E-state index in [2.05, 4.69) is 6.08 Å². The van der Waals surface area contributed by atoms with Crippen LogP contribution in [0.15, 0.2) is 17.7 Å². The fraction of sp³-hybridized carbons (Fsp3) is 0.481. The molecule has 2 aromatic rings. The lowest BCUT2D eigenvalue weighted by Gasteiger charge is -2.52. The standard InChI is InChI=1S/C27H32O6/c1-12(2)7-8-17-21-18(24(30)15(5)23(17)29)11-31-27(6)22(21)26-20-16(9-13(3)32-26)10-19(28)14(4)25(20)33-27/h7,10,13,22,26,28-30H,8-9,11H2,1-6H3/t13-,22-,26+,27+/m0/s1. The van der Waals surface area contributed by atoms with Crippen LogP contribution >= 0.6 is 0 Å². The van der Waals surface area contributed by atoms with Gasteiger partial charge in [0.1, 0.15) is 23.0 Å². The van der Waals surface area contributed by atoms with E-state index in [0.717, 1.165) is 27.8 Å². The molecular formula is C27H32O6. The number of benzene rings is 2. The first-order chi connectivity index (χ1) is 15.5. The summed E-state index contributed by atoms with van der Waals surface area (Å²) in [7, 11) is 0. The van der Waals surface area contributed by atoms with Gasteiger partial charge in [-0.2, -0.15) is 0 Å². The molecule has 2 aromatic carbocycles. The van der Waals surface area contributed by atoms with Crippen molar-refractivity contribution in [1.29, 1.82) is 0 Å². The number of phenolic OH excluding ortho intramolecular Hbond substituents is 3. The Hall–Kier alpha value is -2.70. The van der Waals surface area contributed by atoms with Crippen LogP contribution in [0.3, 0.4) is 0 Å². The van der Waals surface area contributed by atoms with Crippen LogP contribution in [-0.2, 0) is 28.9 Å². The van der Waals surface area contributed by atoms with Crippen LogP contribution in [0, 0.1) is 13.8 Å². The summed E-state index contributed by atoms with van der Waals surface area (Å²) in [4.78, 5) is 0. The fourth-order valence-electron chi connectivity index (χ4n) is 5.67. The number of aromatic hydroxyl groups is 3. The maximum atomic E-state index is 11.1. The maximum Gasteiger partial charge on any atom is 0.217 e. The zero-order valence-corrected chi connectivity index (χ0v) is 20.1. The second kappa shape index (κ2) is 7.40. The first-order valence-corrected chi connectivity index (χ1v) is 11.6. The molecule has 0 aliphatic carbocycles. The molecule has 0 saturated heterocycles. The largest absolute Gasteiger partial charge is 0.508 e. The number of fused-ring (bicyclic) bond motifs is 4. The number of hydrogen-bond donors (Lipinski definition) is 3. The number of allylic oxidation sites excluding steroid dienone is 2. The van der Waals surface area contributed by atoms with Crippen LogP contribution in [-0.4, -0.2) is 27.2 Å². The van der Waals surface area contributed by atoms with Crippen molar-refractivity contribution >= 4 is 0 Å². The Morgan fingerprint density at radius 3 is 2.55 bits per heavy atom. The monoisotopic (exact) mass is 452 g/mol. The summed E-state index contributed by atoms with van der Waals surface area (Å²) >= 11 is 0. The lowest BCUT2D eigenvalue weighted by Crippen LogP contribution is -2.52. The number of phenols is 3. The van der Waals surface area contributed by atoms with Gasteiger partial charge in [0.05, 0.1) is 24.7 Å². The van der Waals surface area contributed by atoms with Crippen LogP contribution in [0.25, 0.3) is 0 Å². The molecule has 33 heavy (non-hydrogen) atoms. The molecule has 4 atom stereocenters. The summed E-state index contributed by atoms with van der Waals surface area (Å²) in [5.41, 5.74) is 6.46. The Bertz CT molecular complexity index is 1190. The first-order valence-electron chi connectivity index (χ1n) is 11.6. The summed E-state index contributed by atoms with van der Waals surface area (Å²) in [5, 5.41) is 32.7. The van der Waals surface area contributed by atoms with Crippen LogP contribution in [0.2, 0.25) is 0 Å². The zero-order chi connectivity index (χ0) is 23.8. The van der Waals surface area contributed by atoms with Crippen molar-refractivity contribution in [2.24, 2.45) is 0 Å². The van der Waals surface area contributed by atoms with E-state index >= 15 is 0 Å². The molecule has 5 rings (SSSR count). The van der Waals surface area contributed by atoms with E-state index < -0.39 is 17.8 Å². The summed E-state index contributed by atoms with van der Waals surface area (Å²) < 4.78 is 19.4. The zero-order valence-electron chi connectivity index (χ0n) is 20.1. The van der Waals surface area contributed by atoms with E-state index in [9.17, 15) is 15.3 Å². The molecule has 3 N–H and O–H groups in total. The predicted octanol–water partition coefficient (Wildman–Crippen LogP) is 5.35. The fourth-order valence-corrected chi connectivity index (χ4v) is 5.67. The van der Waals surface area contributed by atoms with Gasteiger partial charge < -0.3 is 29.5 Å². The molecule has 0 radical (unpaired) electrons. The lowest BCUT2D eigenvalue weighted by atomic mass is 9.71. The van der Waals surface area contributed by atoms with Crippen molar-refractivity contribution in [3.8, 4) is 23.0 Å². The molecule has 3 aliphatic rings. The topological polar surface area (TPSA) is 88.4 Å². The summed E-state index contributed by atoms with van der Waals surface area (Å²) in [6.07, 6.45) is 2.80. The van der Waals surface area contributed by atoms with E-state index in [1.807, 2.05) is 40.7 Å². The average Bonchev–Trinajstić information content (AvgIpc) is 2.74. The molecule has 6 heteroatoms. The van der Waals surface area contributed by atoms with Gasteiger partial charge in [0.15, 0.2) is 0 Å². The number of rotatable bonds is 2. The van der Waals surface area contributed by atoms with Gasteiger partial charge in [-0.15, -0.1) is 0 Å². The highest BCUT2D eigenvalue weighted by molar-refractivity contribution is 5.63. The Morgan fingerprint density at radius 2 is 1.85 bits per heavy atom. The summed E-state index contributed by atoms with van der Waals surface area (Å²) in [6, 6.07) is 1.81. The van der Waals surface area contributed by atoms with E-state index in [0.29, 0.717) is 35.3 Å². The molecule has 0 saturated carbocycles. The van der Waals surface area contributed by atoms with Crippen LogP contribution < -0.4 is 4.74 Å². The molecule has 176 valence electrons. The third-order valence-electron chi connectivity index (χ3n) is 7.43. The van der Waals surface area contributed by atoms with Crippen molar-refractivity contribution in [2.45, 2.75) is 84.9 Å². The van der Waals surface area contributed by atoms with Gasteiger partial charge in [-0.25, -0.2) is 0 Å². The second-order valence-electron chi connectivity index (χ2n) is 10.1. The van der Waals surface area contributed by atoms with Crippen molar-refractivity contribution in [3.63, 3.8) is 0 Å². The van der Waals surface area contributed by atoms with Crippen LogP contribution in [0.4, 0.5) is 0 Å². The second-order valence-corrected chi connectivity index (χ2v) is 10.1. The van der Waals surface area contributed by atoms with Gasteiger partial charge in [0.2, 0.25) is 5.79 Å². The average molecular weight is 453 g/mol. The van der Waals surface area contributed by atoms with Crippen molar-refractivity contribution in [2.75, 3.05) is 0 Å². The molecule has 6 nitrogen and oxygen atoms in total. The minimum Gasteiger partial charge on any atom is -0.508 e. The molecule has 3 heterocycles. The minimum absolute atomic E-state index is 0.0577. The SMILES string of the molecule is CC(C)=CCc1c(O)c(C)c(O)c2c1[C@H]1[C@@H]3O[C@@H](C)Cc4cc(O)c(C)c(c43)O[C@@]1(C)OC2. The molecule has 0 fully saturated rings. The number of hydrogen-bond acceptors (Lipinski definition) is 6. The van der Waals surface area contributed by atoms with Gasteiger partial charge >= 0.3 is 0 Å². The first kappa shape index (κ1) is 22.1. The number of ether oxygens (including phenoxy) is 3. The quantitative estimate of drug-likeness (QED) is 0.532. The molecule has 0 spiro atoms. The predicted molar refractivity (Wildman–Crippen MR) is 124 cm³/mol. The third kappa shape index (κ3) is 3.15. The summed E-state index contributed by atoms with van der Waals surface area (Å²) in [5.74, 6) is -0.532. The Balaban J connectivity index is 1.81. The van der Waals surface area contributed by atoms with Gasteiger partial charge in [-0.05, 0) is 64.7 Å². The highest BCUT2D eigenvalue weighted by Crippen LogP contribution is 2.61. The molecular weight excluding hydrogens is 420 g/mol. The molecule has 0 amide bonds. The van der Waals surface area contributed by atoms with Gasteiger partial charge in [0.25, 0.3) is 0 Å². The normalized spacial score (nSPS) is 27.2. The Kier molecular flexibility index (Phi) is 4.96. The highest BCUT2D eigenvalue weighted by Gasteiger charge is 2.56.